The van der Waals surface area contributed by atoms with Gasteiger partial charge in [0.2, 0.25) is 0 Å². The van der Waals surface area contributed by atoms with Gasteiger partial charge in [-0.1, -0.05) is 41.4 Å². The van der Waals surface area contributed by atoms with E-state index in [2.05, 4.69) is 25.9 Å². The van der Waals surface area contributed by atoms with Crippen LogP contribution in [0.2, 0.25) is 10.2 Å². The Balaban J connectivity index is 1.60. The molecule has 0 spiro atoms. The quantitative estimate of drug-likeness (QED) is 0.572. The van der Waals surface area contributed by atoms with Gasteiger partial charge in [0.25, 0.3) is 0 Å². The smallest absolute Gasteiger partial charge is 0.323 e. The normalized spacial score (nSPS) is 10.2. The van der Waals surface area contributed by atoms with Crippen molar-refractivity contribution in [2.45, 2.75) is 6.54 Å². The number of urea groups is 1. The molecule has 26 heavy (non-hydrogen) atoms. The molecule has 8 heteroatoms. The molecule has 0 aliphatic heterocycles. The first kappa shape index (κ1) is 18.0. The molecule has 2 aromatic carbocycles. The minimum Gasteiger partial charge on any atom is -0.363 e. The lowest BCUT2D eigenvalue weighted by atomic mass is 10.2. The van der Waals surface area contributed by atoms with Gasteiger partial charge in [-0.15, -0.1) is 0 Å². The number of aromatic nitrogens is 2. The highest BCUT2D eigenvalue weighted by Crippen LogP contribution is 2.18. The summed E-state index contributed by atoms with van der Waals surface area (Å²) in [5, 5.41) is 9.48. The molecule has 0 fully saturated rings. The number of hydrogen-bond acceptors (Lipinski definition) is 4. The summed E-state index contributed by atoms with van der Waals surface area (Å²) in [5.41, 5.74) is 2.23. The summed E-state index contributed by atoms with van der Waals surface area (Å²) in [5.74, 6) is 0.506. The van der Waals surface area contributed by atoms with Gasteiger partial charge in [0.1, 0.15) is 0 Å². The van der Waals surface area contributed by atoms with Crippen molar-refractivity contribution in [3.8, 4) is 0 Å². The summed E-state index contributed by atoms with van der Waals surface area (Å²) in [6.45, 7) is 0.490. The van der Waals surface area contributed by atoms with Crippen LogP contribution in [-0.2, 0) is 6.54 Å². The number of halogens is 2. The van der Waals surface area contributed by atoms with Crippen LogP contribution < -0.4 is 16.0 Å². The van der Waals surface area contributed by atoms with Crippen molar-refractivity contribution >= 4 is 46.4 Å². The molecule has 0 radical (unpaired) electrons. The first-order valence-electron chi connectivity index (χ1n) is 7.73. The third-order valence-corrected chi connectivity index (χ3v) is 3.89. The van der Waals surface area contributed by atoms with Gasteiger partial charge in [-0.2, -0.15) is 0 Å². The number of carbonyl (C=O) groups is 1. The first-order chi connectivity index (χ1) is 12.6. The largest absolute Gasteiger partial charge is 0.363 e. The van der Waals surface area contributed by atoms with Crippen LogP contribution in [0.1, 0.15) is 5.56 Å². The predicted octanol–water partition coefficient (Wildman–Crippen LogP) is 5.04. The van der Waals surface area contributed by atoms with E-state index in [0.29, 0.717) is 33.9 Å². The molecular formula is C18H15Cl2N5O. The Hall–Kier alpha value is -2.83. The summed E-state index contributed by atoms with van der Waals surface area (Å²) in [6.07, 6.45) is 3.09. The van der Waals surface area contributed by atoms with Crippen molar-refractivity contribution in [3.63, 3.8) is 0 Å². The molecule has 3 N–H and O–H groups in total. The summed E-state index contributed by atoms with van der Waals surface area (Å²) >= 11 is 11.9. The molecule has 0 unspecified atom stereocenters. The van der Waals surface area contributed by atoms with E-state index in [1.807, 2.05) is 18.2 Å². The van der Waals surface area contributed by atoms with Crippen LogP contribution in [-0.4, -0.2) is 16.0 Å². The molecule has 0 saturated carbocycles. The number of rotatable bonds is 5. The van der Waals surface area contributed by atoms with Crippen molar-refractivity contribution in [2.24, 2.45) is 0 Å². The van der Waals surface area contributed by atoms with Crippen molar-refractivity contribution in [2.75, 3.05) is 16.0 Å². The van der Waals surface area contributed by atoms with Crippen LogP contribution in [0.25, 0.3) is 0 Å². The zero-order valence-electron chi connectivity index (χ0n) is 13.5. The number of benzene rings is 2. The summed E-state index contributed by atoms with van der Waals surface area (Å²) < 4.78 is 0. The Morgan fingerprint density at radius 1 is 0.923 bits per heavy atom. The second kappa shape index (κ2) is 8.51. The number of nitrogens with one attached hydrogen (secondary N) is 3. The molecule has 6 nitrogen and oxygen atoms in total. The monoisotopic (exact) mass is 387 g/mol. The van der Waals surface area contributed by atoms with E-state index >= 15 is 0 Å². The molecule has 0 atom stereocenters. The van der Waals surface area contributed by atoms with Crippen LogP contribution in [0, 0.1) is 0 Å². The van der Waals surface area contributed by atoms with Crippen molar-refractivity contribution in [3.05, 3.63) is 76.7 Å². The SMILES string of the molecule is O=C(Nc1cccc(Cl)c1)Nc1cccc(CNc2nccnc2Cl)c1. The molecule has 0 aliphatic rings. The van der Waals surface area contributed by atoms with Gasteiger partial charge in [0.05, 0.1) is 0 Å². The van der Waals surface area contributed by atoms with E-state index in [1.54, 1.807) is 36.5 Å². The van der Waals surface area contributed by atoms with E-state index in [-0.39, 0.29) is 6.03 Å². The maximum Gasteiger partial charge on any atom is 0.323 e. The standard InChI is InChI=1S/C18H15Cl2N5O/c19-13-4-2-6-15(10-13)25-18(26)24-14-5-1-3-12(9-14)11-23-17-16(20)21-7-8-22-17/h1-10H,11H2,(H,22,23)(H2,24,25,26). The minimum atomic E-state index is -0.352. The number of hydrogen-bond donors (Lipinski definition) is 3. The molecule has 0 aliphatic carbocycles. The lowest BCUT2D eigenvalue weighted by Crippen LogP contribution is -2.19. The van der Waals surface area contributed by atoms with Gasteiger partial charge < -0.3 is 16.0 Å². The van der Waals surface area contributed by atoms with E-state index in [4.69, 9.17) is 23.2 Å². The van der Waals surface area contributed by atoms with Crippen LogP contribution in [0.15, 0.2) is 60.9 Å². The van der Waals surface area contributed by atoms with E-state index in [0.717, 1.165) is 5.56 Å². The number of amides is 2. The summed E-state index contributed by atoms with van der Waals surface area (Å²) in [7, 11) is 0. The van der Waals surface area contributed by atoms with Gasteiger partial charge in [-0.05, 0) is 35.9 Å². The van der Waals surface area contributed by atoms with Gasteiger partial charge in [-0.25, -0.2) is 14.8 Å². The molecule has 1 heterocycles. The number of anilines is 3. The fourth-order valence-electron chi connectivity index (χ4n) is 2.24. The topological polar surface area (TPSA) is 78.9 Å². The molecule has 0 saturated heterocycles. The molecular weight excluding hydrogens is 373 g/mol. The second-order valence-electron chi connectivity index (χ2n) is 5.34. The second-order valence-corrected chi connectivity index (χ2v) is 6.13. The third-order valence-electron chi connectivity index (χ3n) is 3.38. The average molecular weight is 388 g/mol. The first-order valence-corrected chi connectivity index (χ1v) is 8.48. The predicted molar refractivity (Wildman–Crippen MR) is 105 cm³/mol. The van der Waals surface area contributed by atoms with E-state index in [9.17, 15) is 4.79 Å². The molecule has 0 bridgehead atoms. The number of nitrogens with zero attached hydrogens (tertiary/aromatic N) is 2. The fraction of sp³-hybridized carbons (Fsp3) is 0.0556. The molecule has 3 rings (SSSR count). The van der Waals surface area contributed by atoms with Crippen LogP contribution in [0.3, 0.4) is 0 Å². The summed E-state index contributed by atoms with van der Waals surface area (Å²) in [4.78, 5) is 20.2. The highest BCUT2D eigenvalue weighted by atomic mass is 35.5. The molecule has 1 aromatic heterocycles. The Bertz CT molecular complexity index is 919. The van der Waals surface area contributed by atoms with Crippen LogP contribution in [0.5, 0.6) is 0 Å². The maximum absolute atomic E-state index is 12.1. The zero-order valence-corrected chi connectivity index (χ0v) is 15.1. The van der Waals surface area contributed by atoms with Gasteiger partial charge in [0, 0.05) is 35.3 Å². The van der Waals surface area contributed by atoms with Crippen LogP contribution >= 0.6 is 23.2 Å². The van der Waals surface area contributed by atoms with Gasteiger partial charge in [-0.3, -0.25) is 0 Å². The Morgan fingerprint density at radius 3 is 2.35 bits per heavy atom. The molecule has 3 aromatic rings. The maximum atomic E-state index is 12.1. The summed E-state index contributed by atoms with van der Waals surface area (Å²) in [6, 6.07) is 14.0. The average Bonchev–Trinajstić information content (AvgIpc) is 2.61. The minimum absolute atomic E-state index is 0.308. The van der Waals surface area contributed by atoms with Crippen molar-refractivity contribution in [1.82, 2.24) is 9.97 Å². The zero-order chi connectivity index (χ0) is 18.4. The van der Waals surface area contributed by atoms with Crippen molar-refractivity contribution < 1.29 is 4.79 Å². The van der Waals surface area contributed by atoms with Crippen molar-refractivity contribution in [1.29, 1.82) is 0 Å². The molecule has 132 valence electrons. The highest BCUT2D eigenvalue weighted by Gasteiger charge is 2.05. The fourth-order valence-corrected chi connectivity index (χ4v) is 2.61. The molecule has 2 amide bonds. The van der Waals surface area contributed by atoms with Crippen LogP contribution in [0.4, 0.5) is 22.0 Å². The lowest BCUT2D eigenvalue weighted by molar-refractivity contribution is 0.262. The van der Waals surface area contributed by atoms with E-state index < -0.39 is 0 Å². The van der Waals surface area contributed by atoms with Gasteiger partial charge in [0.15, 0.2) is 11.0 Å². The Kier molecular flexibility index (Phi) is 5.88. The van der Waals surface area contributed by atoms with Gasteiger partial charge >= 0.3 is 6.03 Å². The lowest BCUT2D eigenvalue weighted by Gasteiger charge is -2.10. The van der Waals surface area contributed by atoms with E-state index in [1.165, 1.54) is 6.20 Å². The Morgan fingerprint density at radius 2 is 1.62 bits per heavy atom. The highest BCUT2D eigenvalue weighted by molar-refractivity contribution is 6.31. The number of carbonyl (C=O) groups excluding carboxylic acids is 1. The third kappa shape index (κ3) is 5.08. The Labute approximate surface area is 160 Å².